The Morgan fingerprint density at radius 1 is 1.45 bits per heavy atom. The molecule has 11 heavy (non-hydrogen) atoms. The molecule has 0 aliphatic heterocycles. The molecule has 1 rings (SSSR count). The summed E-state index contributed by atoms with van der Waals surface area (Å²) in [5, 5.41) is 8.62. The zero-order chi connectivity index (χ0) is 8.10. The minimum atomic E-state index is 0.206. The minimum absolute atomic E-state index is 0.206. The molecule has 1 heterocycles. The molecule has 0 amide bonds. The molecule has 0 aliphatic carbocycles. The van der Waals surface area contributed by atoms with Crippen LogP contribution in [0.3, 0.4) is 0 Å². The molecule has 0 aliphatic rings. The van der Waals surface area contributed by atoms with Crippen molar-refractivity contribution in [3.05, 3.63) is 36.7 Å². The van der Waals surface area contributed by atoms with E-state index in [1.165, 1.54) is 0 Å². The first kappa shape index (κ1) is 7.95. The smallest absolute Gasteiger partial charge is 0.174 e. The highest BCUT2D eigenvalue weighted by molar-refractivity contribution is 5.09. The molecule has 0 radical (unpaired) electrons. The summed E-state index contributed by atoms with van der Waals surface area (Å²) < 4.78 is 1.86. The summed E-state index contributed by atoms with van der Waals surface area (Å²) in [6.45, 7) is 3.83. The third kappa shape index (κ3) is 2.16. The molecule has 0 aromatic carbocycles. The van der Waals surface area contributed by atoms with Gasteiger partial charge in [-0.1, -0.05) is 0 Å². The van der Waals surface area contributed by atoms with E-state index in [9.17, 15) is 0 Å². The highest BCUT2D eigenvalue weighted by atomic mass is 16.2. The molecule has 2 heteroatoms. The van der Waals surface area contributed by atoms with Crippen molar-refractivity contribution in [3.63, 3.8) is 0 Å². The Kier molecular flexibility index (Phi) is 2.81. The van der Waals surface area contributed by atoms with Crippen LogP contribution in [0.1, 0.15) is 5.56 Å². The summed E-state index contributed by atoms with van der Waals surface area (Å²) in [7, 11) is 0. The maximum atomic E-state index is 8.62. The fourth-order valence-electron chi connectivity index (χ4n) is 0.886. The fourth-order valence-corrected chi connectivity index (χ4v) is 0.886. The van der Waals surface area contributed by atoms with E-state index >= 15 is 0 Å². The van der Waals surface area contributed by atoms with Gasteiger partial charge in [0.05, 0.1) is 0 Å². The standard InChI is InChI=1S/C9H12NO/c1-2-10-6-3-9(4-7-10)5-8-11/h2-4,6-7,11H,1,5,8H2/q+1. The molecule has 0 saturated carbocycles. The number of aromatic nitrogens is 1. The predicted molar refractivity (Wildman–Crippen MR) is 43.8 cm³/mol. The van der Waals surface area contributed by atoms with Crippen molar-refractivity contribution in [2.75, 3.05) is 6.61 Å². The second-order valence-corrected chi connectivity index (χ2v) is 2.31. The van der Waals surface area contributed by atoms with E-state index in [1.54, 1.807) is 6.20 Å². The summed E-state index contributed by atoms with van der Waals surface area (Å²) in [4.78, 5) is 0. The molecule has 1 N–H and O–H groups in total. The number of aliphatic hydroxyl groups is 1. The molecule has 0 atom stereocenters. The number of nitrogens with zero attached hydrogens (tertiary/aromatic N) is 1. The average Bonchev–Trinajstić information content (AvgIpc) is 2.07. The first-order valence-electron chi connectivity index (χ1n) is 3.60. The molecule has 0 bridgehead atoms. The van der Waals surface area contributed by atoms with Gasteiger partial charge in [-0.2, -0.15) is 4.57 Å². The second-order valence-electron chi connectivity index (χ2n) is 2.31. The van der Waals surface area contributed by atoms with E-state index < -0.39 is 0 Å². The van der Waals surface area contributed by atoms with Crippen molar-refractivity contribution in [3.8, 4) is 0 Å². The van der Waals surface area contributed by atoms with Crippen LogP contribution in [-0.2, 0) is 6.42 Å². The number of rotatable bonds is 3. The first-order chi connectivity index (χ1) is 5.36. The predicted octanol–water partition coefficient (Wildman–Crippen LogP) is 0.609. The van der Waals surface area contributed by atoms with Crippen LogP contribution >= 0.6 is 0 Å². The lowest BCUT2D eigenvalue weighted by Gasteiger charge is -1.93. The van der Waals surface area contributed by atoms with E-state index in [4.69, 9.17) is 5.11 Å². The largest absolute Gasteiger partial charge is 0.396 e. The van der Waals surface area contributed by atoms with Crippen LogP contribution in [0, 0.1) is 0 Å². The number of pyridine rings is 1. The van der Waals surface area contributed by atoms with Gasteiger partial charge in [-0.15, -0.1) is 0 Å². The van der Waals surface area contributed by atoms with Crippen molar-refractivity contribution in [2.45, 2.75) is 6.42 Å². The Morgan fingerprint density at radius 3 is 2.55 bits per heavy atom. The lowest BCUT2D eigenvalue weighted by molar-refractivity contribution is -0.568. The van der Waals surface area contributed by atoms with Gasteiger partial charge in [-0.3, -0.25) is 0 Å². The van der Waals surface area contributed by atoms with Gasteiger partial charge in [0.15, 0.2) is 18.6 Å². The van der Waals surface area contributed by atoms with Crippen LogP contribution in [0.15, 0.2) is 31.1 Å². The molecule has 58 valence electrons. The van der Waals surface area contributed by atoms with Gasteiger partial charge in [-0.05, 0) is 18.6 Å². The molecule has 1 aromatic rings. The minimum Gasteiger partial charge on any atom is -0.396 e. The van der Waals surface area contributed by atoms with Gasteiger partial charge in [0.2, 0.25) is 0 Å². The van der Waals surface area contributed by atoms with E-state index in [-0.39, 0.29) is 6.61 Å². The van der Waals surface area contributed by atoms with Crippen molar-refractivity contribution in [2.24, 2.45) is 0 Å². The van der Waals surface area contributed by atoms with Crippen LogP contribution in [0.5, 0.6) is 0 Å². The van der Waals surface area contributed by atoms with Crippen molar-refractivity contribution < 1.29 is 9.67 Å². The Balaban J connectivity index is 2.74. The fraction of sp³-hybridized carbons (Fsp3) is 0.222. The van der Waals surface area contributed by atoms with Crippen LogP contribution < -0.4 is 4.57 Å². The summed E-state index contributed by atoms with van der Waals surface area (Å²) in [6, 6.07) is 3.94. The Hall–Kier alpha value is -1.15. The highest BCUT2D eigenvalue weighted by Gasteiger charge is 1.94. The van der Waals surface area contributed by atoms with Crippen LogP contribution in [0.25, 0.3) is 6.20 Å². The van der Waals surface area contributed by atoms with Gasteiger partial charge in [0.1, 0.15) is 0 Å². The summed E-state index contributed by atoms with van der Waals surface area (Å²) in [5.74, 6) is 0. The van der Waals surface area contributed by atoms with Crippen LogP contribution in [0.2, 0.25) is 0 Å². The van der Waals surface area contributed by atoms with Gasteiger partial charge in [-0.25, -0.2) is 0 Å². The van der Waals surface area contributed by atoms with E-state index in [0.29, 0.717) is 0 Å². The molecule has 2 nitrogen and oxygen atoms in total. The molecule has 1 aromatic heterocycles. The van der Waals surface area contributed by atoms with Gasteiger partial charge in [0, 0.05) is 18.7 Å². The SMILES string of the molecule is C=C[n+]1ccc(CCO)cc1. The quantitative estimate of drug-likeness (QED) is 0.627. The number of hydrogen-bond donors (Lipinski definition) is 1. The lowest BCUT2D eigenvalue weighted by Crippen LogP contribution is -2.23. The van der Waals surface area contributed by atoms with Gasteiger partial charge < -0.3 is 5.11 Å². The molecule has 0 saturated heterocycles. The molecular weight excluding hydrogens is 138 g/mol. The number of hydrogen-bond acceptors (Lipinski definition) is 1. The van der Waals surface area contributed by atoms with Crippen LogP contribution in [0.4, 0.5) is 0 Å². The monoisotopic (exact) mass is 150 g/mol. The van der Waals surface area contributed by atoms with Gasteiger partial charge >= 0.3 is 0 Å². The maximum absolute atomic E-state index is 8.62. The molecule has 0 unspecified atom stereocenters. The summed E-state index contributed by atoms with van der Waals surface area (Å²) >= 11 is 0. The molecule has 0 fully saturated rings. The zero-order valence-corrected chi connectivity index (χ0v) is 6.40. The normalized spacial score (nSPS) is 9.55. The van der Waals surface area contributed by atoms with E-state index in [2.05, 4.69) is 6.58 Å². The molecule has 0 spiro atoms. The highest BCUT2D eigenvalue weighted by Crippen LogP contribution is 1.94. The average molecular weight is 150 g/mol. The Labute approximate surface area is 66.4 Å². The van der Waals surface area contributed by atoms with E-state index in [0.717, 1.165) is 12.0 Å². The first-order valence-corrected chi connectivity index (χ1v) is 3.60. The van der Waals surface area contributed by atoms with Gasteiger partial charge in [0.25, 0.3) is 0 Å². The second kappa shape index (κ2) is 3.88. The zero-order valence-electron chi connectivity index (χ0n) is 6.40. The van der Waals surface area contributed by atoms with Crippen molar-refractivity contribution in [1.82, 2.24) is 0 Å². The number of aliphatic hydroxyl groups excluding tert-OH is 1. The topological polar surface area (TPSA) is 24.1 Å². The summed E-state index contributed by atoms with van der Waals surface area (Å²) in [5.41, 5.74) is 1.14. The lowest BCUT2D eigenvalue weighted by atomic mass is 10.2. The maximum Gasteiger partial charge on any atom is 0.174 e. The van der Waals surface area contributed by atoms with Crippen LogP contribution in [-0.4, -0.2) is 11.7 Å². The van der Waals surface area contributed by atoms with E-state index in [1.807, 2.05) is 29.1 Å². The Morgan fingerprint density at radius 2 is 2.09 bits per heavy atom. The third-order valence-corrected chi connectivity index (χ3v) is 1.53. The van der Waals surface area contributed by atoms with Crippen molar-refractivity contribution >= 4 is 6.20 Å². The Bertz CT molecular complexity index is 228. The third-order valence-electron chi connectivity index (χ3n) is 1.53. The summed E-state index contributed by atoms with van der Waals surface area (Å²) in [6.07, 6.45) is 6.27. The molecular formula is C9H12NO+. The van der Waals surface area contributed by atoms with Crippen molar-refractivity contribution in [1.29, 1.82) is 0 Å².